The van der Waals surface area contributed by atoms with Crippen molar-refractivity contribution in [3.05, 3.63) is 0 Å². The Labute approximate surface area is 136 Å². The molecule has 0 aromatic heterocycles. The van der Waals surface area contributed by atoms with Gasteiger partial charge in [0, 0.05) is 18.1 Å². The van der Waals surface area contributed by atoms with Crippen molar-refractivity contribution in [1.82, 2.24) is 10.6 Å². The van der Waals surface area contributed by atoms with E-state index in [0.717, 1.165) is 12.8 Å². The van der Waals surface area contributed by atoms with Crippen molar-refractivity contribution >= 4 is 6.09 Å². The first kappa shape index (κ1) is 19.3. The lowest BCUT2D eigenvalue weighted by atomic mass is 10.1. The molecule has 0 heterocycles. The molecule has 0 aromatic carbocycles. The van der Waals surface area contributed by atoms with E-state index < -0.39 is 5.60 Å². The monoisotopic (exact) mass is 312 g/mol. The van der Waals surface area contributed by atoms with Crippen molar-refractivity contribution in [2.24, 2.45) is 0 Å². The first-order valence-corrected chi connectivity index (χ1v) is 9.07. The van der Waals surface area contributed by atoms with Gasteiger partial charge in [-0.3, -0.25) is 0 Å². The minimum absolute atomic E-state index is 0.202. The van der Waals surface area contributed by atoms with Crippen molar-refractivity contribution in [2.75, 3.05) is 0 Å². The normalized spacial score (nSPS) is 23.3. The maximum atomic E-state index is 11.9. The van der Waals surface area contributed by atoms with Gasteiger partial charge >= 0.3 is 6.09 Å². The largest absolute Gasteiger partial charge is 0.444 e. The molecule has 3 unspecified atom stereocenters. The molecule has 1 amide bonds. The Bertz CT molecular complexity index is 326. The van der Waals surface area contributed by atoms with Crippen LogP contribution in [0.2, 0.25) is 0 Å². The van der Waals surface area contributed by atoms with Gasteiger partial charge in [-0.2, -0.15) is 0 Å². The number of hydrogen-bond acceptors (Lipinski definition) is 3. The average molecular weight is 312 g/mol. The molecule has 1 rings (SSSR count). The summed E-state index contributed by atoms with van der Waals surface area (Å²) in [5.41, 5.74) is -0.432. The van der Waals surface area contributed by atoms with Crippen LogP contribution < -0.4 is 10.6 Å². The van der Waals surface area contributed by atoms with Crippen LogP contribution in [0.15, 0.2) is 0 Å². The second-order valence-electron chi connectivity index (χ2n) is 7.71. The zero-order chi connectivity index (χ0) is 16.6. The summed E-state index contributed by atoms with van der Waals surface area (Å²) < 4.78 is 5.37. The van der Waals surface area contributed by atoms with Crippen molar-refractivity contribution in [3.63, 3.8) is 0 Å². The second-order valence-corrected chi connectivity index (χ2v) is 7.71. The summed E-state index contributed by atoms with van der Waals surface area (Å²) in [6, 6.07) is 1.10. The van der Waals surface area contributed by atoms with E-state index in [9.17, 15) is 4.79 Å². The standard InChI is InChI=1S/C18H36N2O2/c1-6-7-8-9-11-14(2)19-15-12-10-13-16(15)20-17(21)22-18(3,4)5/h14-16,19H,6-13H2,1-5H3,(H,20,21). The van der Waals surface area contributed by atoms with E-state index in [1.54, 1.807) is 0 Å². The summed E-state index contributed by atoms with van der Waals surface area (Å²) in [6.07, 6.45) is 9.51. The Morgan fingerprint density at radius 3 is 2.50 bits per heavy atom. The van der Waals surface area contributed by atoms with Gasteiger partial charge in [0.25, 0.3) is 0 Å². The number of hydrogen-bond donors (Lipinski definition) is 2. The SMILES string of the molecule is CCCCCCC(C)NC1CCCC1NC(=O)OC(C)(C)C. The maximum Gasteiger partial charge on any atom is 0.407 e. The van der Waals surface area contributed by atoms with Gasteiger partial charge in [-0.15, -0.1) is 0 Å². The Morgan fingerprint density at radius 2 is 1.86 bits per heavy atom. The number of carbonyl (C=O) groups excluding carboxylic acids is 1. The molecular formula is C18H36N2O2. The molecule has 0 aromatic rings. The molecule has 1 aliphatic rings. The van der Waals surface area contributed by atoms with E-state index in [1.165, 1.54) is 38.5 Å². The quantitative estimate of drug-likeness (QED) is 0.654. The van der Waals surface area contributed by atoms with Crippen LogP contribution in [-0.4, -0.2) is 29.8 Å². The second kappa shape index (κ2) is 9.39. The molecule has 130 valence electrons. The van der Waals surface area contributed by atoms with Gasteiger partial charge in [-0.05, 0) is 53.4 Å². The van der Waals surface area contributed by atoms with E-state index >= 15 is 0 Å². The number of alkyl carbamates (subject to hydrolysis) is 1. The van der Waals surface area contributed by atoms with Crippen LogP contribution in [-0.2, 0) is 4.74 Å². The van der Waals surface area contributed by atoms with Gasteiger partial charge < -0.3 is 15.4 Å². The third-order valence-electron chi connectivity index (χ3n) is 4.21. The van der Waals surface area contributed by atoms with E-state index in [0.29, 0.717) is 12.1 Å². The number of nitrogens with one attached hydrogen (secondary N) is 2. The molecule has 2 N–H and O–H groups in total. The Kier molecular flexibility index (Phi) is 8.23. The third kappa shape index (κ3) is 8.02. The highest BCUT2D eigenvalue weighted by molar-refractivity contribution is 5.68. The van der Waals surface area contributed by atoms with Gasteiger partial charge in [0.15, 0.2) is 0 Å². The number of rotatable bonds is 8. The van der Waals surface area contributed by atoms with Crippen molar-refractivity contribution < 1.29 is 9.53 Å². The van der Waals surface area contributed by atoms with Crippen molar-refractivity contribution in [1.29, 1.82) is 0 Å². The van der Waals surface area contributed by atoms with Gasteiger partial charge in [-0.25, -0.2) is 4.79 Å². The van der Waals surface area contributed by atoms with Crippen LogP contribution in [0.3, 0.4) is 0 Å². The molecule has 1 fully saturated rings. The highest BCUT2D eigenvalue weighted by Crippen LogP contribution is 2.21. The first-order chi connectivity index (χ1) is 10.3. The van der Waals surface area contributed by atoms with Crippen LogP contribution >= 0.6 is 0 Å². The Hall–Kier alpha value is -0.770. The lowest BCUT2D eigenvalue weighted by Gasteiger charge is -2.27. The van der Waals surface area contributed by atoms with Crippen molar-refractivity contribution in [2.45, 2.75) is 110 Å². The van der Waals surface area contributed by atoms with E-state index in [2.05, 4.69) is 24.5 Å². The van der Waals surface area contributed by atoms with Crippen LogP contribution in [0.5, 0.6) is 0 Å². The van der Waals surface area contributed by atoms with Crippen molar-refractivity contribution in [3.8, 4) is 0 Å². The van der Waals surface area contributed by atoms with E-state index in [-0.39, 0.29) is 12.1 Å². The molecular weight excluding hydrogens is 276 g/mol. The van der Waals surface area contributed by atoms with Crippen LogP contribution in [0.1, 0.15) is 86.0 Å². The van der Waals surface area contributed by atoms with Gasteiger partial charge in [-0.1, -0.05) is 32.6 Å². The minimum Gasteiger partial charge on any atom is -0.444 e. The lowest BCUT2D eigenvalue weighted by molar-refractivity contribution is 0.0497. The third-order valence-corrected chi connectivity index (χ3v) is 4.21. The molecule has 22 heavy (non-hydrogen) atoms. The fourth-order valence-corrected chi connectivity index (χ4v) is 3.12. The summed E-state index contributed by atoms with van der Waals surface area (Å²) in [4.78, 5) is 11.9. The molecule has 0 radical (unpaired) electrons. The Morgan fingerprint density at radius 1 is 1.18 bits per heavy atom. The molecule has 1 aliphatic carbocycles. The summed E-state index contributed by atoms with van der Waals surface area (Å²) in [5, 5.41) is 6.75. The number of unbranched alkanes of at least 4 members (excludes halogenated alkanes) is 3. The molecule has 3 atom stereocenters. The summed E-state index contributed by atoms with van der Waals surface area (Å²) >= 11 is 0. The zero-order valence-electron chi connectivity index (χ0n) is 15.2. The fraction of sp³-hybridized carbons (Fsp3) is 0.944. The average Bonchev–Trinajstić information content (AvgIpc) is 2.79. The van der Waals surface area contributed by atoms with Crippen LogP contribution in [0.4, 0.5) is 4.79 Å². The zero-order valence-corrected chi connectivity index (χ0v) is 15.2. The van der Waals surface area contributed by atoms with E-state index in [1.807, 2.05) is 20.8 Å². The predicted octanol–water partition coefficient (Wildman–Crippen LogP) is 4.38. The minimum atomic E-state index is -0.432. The van der Waals surface area contributed by atoms with Gasteiger partial charge in [0.2, 0.25) is 0 Å². The van der Waals surface area contributed by atoms with Gasteiger partial charge in [0.05, 0.1) is 0 Å². The smallest absolute Gasteiger partial charge is 0.407 e. The highest BCUT2D eigenvalue weighted by Gasteiger charge is 2.30. The summed E-state index contributed by atoms with van der Waals surface area (Å²) in [5.74, 6) is 0. The fourth-order valence-electron chi connectivity index (χ4n) is 3.12. The maximum absolute atomic E-state index is 11.9. The number of amides is 1. The predicted molar refractivity (Wildman–Crippen MR) is 92.2 cm³/mol. The molecule has 0 aliphatic heterocycles. The molecule has 1 saturated carbocycles. The molecule has 0 bridgehead atoms. The Balaban J connectivity index is 2.31. The summed E-state index contributed by atoms with van der Waals surface area (Å²) in [6.45, 7) is 10.2. The van der Waals surface area contributed by atoms with Gasteiger partial charge in [0.1, 0.15) is 5.60 Å². The topological polar surface area (TPSA) is 50.4 Å². The number of carbonyl (C=O) groups is 1. The first-order valence-electron chi connectivity index (χ1n) is 9.07. The molecule has 4 nitrogen and oxygen atoms in total. The molecule has 4 heteroatoms. The highest BCUT2D eigenvalue weighted by atomic mass is 16.6. The lowest BCUT2D eigenvalue weighted by Crippen LogP contribution is -2.50. The molecule has 0 saturated heterocycles. The van der Waals surface area contributed by atoms with Crippen LogP contribution in [0.25, 0.3) is 0 Å². The molecule has 0 spiro atoms. The van der Waals surface area contributed by atoms with E-state index in [4.69, 9.17) is 4.74 Å². The van der Waals surface area contributed by atoms with Crippen LogP contribution in [0, 0.1) is 0 Å². The number of ether oxygens (including phenoxy) is 1. The summed E-state index contributed by atoms with van der Waals surface area (Å²) in [7, 11) is 0.